The molecule has 0 saturated carbocycles. The normalized spacial score (nSPS) is 12.0. The lowest BCUT2D eigenvalue weighted by Crippen LogP contribution is -2.53. The highest BCUT2D eigenvalue weighted by Crippen LogP contribution is 2.30. The molecule has 0 aromatic heterocycles. The van der Waals surface area contributed by atoms with E-state index in [0.717, 1.165) is 21.7 Å². The van der Waals surface area contributed by atoms with Crippen LogP contribution in [0.2, 0.25) is 0 Å². The van der Waals surface area contributed by atoms with Gasteiger partial charge in [-0.05, 0) is 29.2 Å². The van der Waals surface area contributed by atoms with Gasteiger partial charge in [-0.1, -0.05) is 86.6 Å². The fourth-order valence-corrected chi connectivity index (χ4v) is 5.04. The van der Waals surface area contributed by atoms with Crippen molar-refractivity contribution in [2.45, 2.75) is 32.9 Å². The van der Waals surface area contributed by atoms with Gasteiger partial charge in [-0.25, -0.2) is 8.42 Å². The number of benzene rings is 3. The highest BCUT2D eigenvalue weighted by molar-refractivity contribution is 7.92. The number of ether oxygens (including phenoxy) is 1. The number of hydrogen-bond acceptors (Lipinski definition) is 5. The van der Waals surface area contributed by atoms with Crippen LogP contribution in [0.3, 0.4) is 0 Å². The third kappa shape index (κ3) is 8.58. The summed E-state index contributed by atoms with van der Waals surface area (Å²) in [5, 5.41) is 2.97. The SMILES string of the molecule is COc1ccccc1N(CC(=O)N(Cc1ccccc1)[C@@H](Cc1ccccc1)C(=O)NCC(C)C)S(C)(=O)=O. The van der Waals surface area contributed by atoms with Gasteiger partial charge in [0.05, 0.1) is 19.1 Å². The Morgan fingerprint density at radius 1 is 0.872 bits per heavy atom. The number of nitrogens with zero attached hydrogens (tertiary/aromatic N) is 2. The van der Waals surface area contributed by atoms with Gasteiger partial charge in [-0.2, -0.15) is 0 Å². The summed E-state index contributed by atoms with van der Waals surface area (Å²) in [6.45, 7) is 4.09. The number of methoxy groups -OCH3 is 1. The van der Waals surface area contributed by atoms with E-state index in [9.17, 15) is 18.0 Å². The molecule has 39 heavy (non-hydrogen) atoms. The third-order valence-corrected chi connectivity index (χ3v) is 7.31. The summed E-state index contributed by atoms with van der Waals surface area (Å²) in [5.41, 5.74) is 1.96. The molecule has 0 fully saturated rings. The topological polar surface area (TPSA) is 96.0 Å². The van der Waals surface area contributed by atoms with Crippen molar-refractivity contribution in [3.8, 4) is 5.75 Å². The van der Waals surface area contributed by atoms with Crippen molar-refractivity contribution in [3.63, 3.8) is 0 Å². The molecule has 9 heteroatoms. The van der Waals surface area contributed by atoms with Gasteiger partial charge < -0.3 is 15.0 Å². The molecule has 2 amide bonds. The third-order valence-electron chi connectivity index (χ3n) is 6.18. The van der Waals surface area contributed by atoms with Crippen molar-refractivity contribution >= 4 is 27.5 Å². The highest BCUT2D eigenvalue weighted by Gasteiger charge is 2.33. The minimum Gasteiger partial charge on any atom is -0.495 e. The predicted molar refractivity (Wildman–Crippen MR) is 154 cm³/mol. The van der Waals surface area contributed by atoms with Gasteiger partial charge in [0.25, 0.3) is 0 Å². The molecule has 0 heterocycles. The summed E-state index contributed by atoms with van der Waals surface area (Å²) in [6.07, 6.45) is 1.32. The van der Waals surface area contributed by atoms with Crippen LogP contribution < -0.4 is 14.4 Å². The number of hydrogen-bond donors (Lipinski definition) is 1. The summed E-state index contributed by atoms with van der Waals surface area (Å²) in [5.74, 6) is -0.257. The van der Waals surface area contributed by atoms with E-state index < -0.39 is 28.5 Å². The lowest BCUT2D eigenvalue weighted by molar-refractivity contribution is -0.140. The van der Waals surface area contributed by atoms with Crippen LogP contribution in [0.4, 0.5) is 5.69 Å². The Morgan fingerprint density at radius 2 is 1.44 bits per heavy atom. The van der Waals surface area contributed by atoms with E-state index in [2.05, 4.69) is 5.32 Å². The van der Waals surface area contributed by atoms with Gasteiger partial charge >= 0.3 is 0 Å². The molecule has 0 radical (unpaired) electrons. The van der Waals surface area contributed by atoms with E-state index in [1.807, 2.05) is 74.5 Å². The fourth-order valence-electron chi connectivity index (χ4n) is 4.19. The summed E-state index contributed by atoms with van der Waals surface area (Å²) >= 11 is 0. The quantitative estimate of drug-likeness (QED) is 0.348. The largest absolute Gasteiger partial charge is 0.495 e. The second-order valence-corrected chi connectivity index (χ2v) is 11.7. The van der Waals surface area contributed by atoms with Crippen molar-refractivity contribution in [2.24, 2.45) is 5.92 Å². The highest BCUT2D eigenvalue weighted by atomic mass is 32.2. The van der Waals surface area contributed by atoms with Gasteiger partial charge in [0.2, 0.25) is 21.8 Å². The standard InChI is InChI=1S/C30H37N3O5S/c1-23(2)20-31-30(35)27(19-24-13-7-5-8-14-24)32(21-25-15-9-6-10-16-25)29(34)22-33(39(4,36)37)26-17-11-12-18-28(26)38-3/h5-18,23,27H,19-22H2,1-4H3,(H,31,35)/t27-/m0/s1. The van der Waals surface area contributed by atoms with Crippen LogP contribution in [0.25, 0.3) is 0 Å². The van der Waals surface area contributed by atoms with Crippen molar-refractivity contribution in [2.75, 3.05) is 30.8 Å². The molecule has 0 aliphatic rings. The first kappa shape index (κ1) is 29.7. The van der Waals surface area contributed by atoms with Crippen molar-refractivity contribution in [1.82, 2.24) is 10.2 Å². The molecule has 0 saturated heterocycles. The molecule has 3 aromatic rings. The number of para-hydroxylation sites is 2. The molecule has 0 aliphatic heterocycles. The molecule has 8 nitrogen and oxygen atoms in total. The Hall–Kier alpha value is -3.85. The first-order valence-electron chi connectivity index (χ1n) is 12.9. The maximum atomic E-state index is 14.1. The average Bonchev–Trinajstić information content (AvgIpc) is 2.92. The first-order valence-corrected chi connectivity index (χ1v) is 14.7. The molecule has 0 spiro atoms. The van der Waals surface area contributed by atoms with Crippen LogP contribution in [0.5, 0.6) is 5.75 Å². The van der Waals surface area contributed by atoms with Gasteiger partial charge in [-0.3, -0.25) is 13.9 Å². The number of carbonyl (C=O) groups is 2. The Labute approximate surface area is 231 Å². The van der Waals surface area contributed by atoms with Crippen molar-refractivity contribution in [3.05, 3.63) is 96.1 Å². The number of rotatable bonds is 13. The minimum atomic E-state index is -3.87. The van der Waals surface area contributed by atoms with E-state index >= 15 is 0 Å². The van der Waals surface area contributed by atoms with E-state index in [4.69, 9.17) is 4.74 Å². The van der Waals surface area contributed by atoms with E-state index in [1.165, 1.54) is 12.0 Å². The van der Waals surface area contributed by atoms with Gasteiger partial charge in [0, 0.05) is 19.5 Å². The Bertz CT molecular complexity index is 1330. The molecule has 3 aromatic carbocycles. The molecule has 208 valence electrons. The van der Waals surface area contributed by atoms with E-state index in [0.29, 0.717) is 12.3 Å². The molecule has 0 unspecified atom stereocenters. The maximum Gasteiger partial charge on any atom is 0.244 e. The number of amides is 2. The van der Waals surface area contributed by atoms with Crippen LogP contribution in [-0.2, 0) is 32.6 Å². The number of nitrogens with one attached hydrogen (secondary N) is 1. The number of anilines is 1. The molecular weight excluding hydrogens is 514 g/mol. The zero-order valence-electron chi connectivity index (χ0n) is 22.9. The maximum absolute atomic E-state index is 14.1. The first-order chi connectivity index (χ1) is 18.6. The molecule has 3 rings (SSSR count). The summed E-state index contributed by atoms with van der Waals surface area (Å²) in [4.78, 5) is 29.1. The average molecular weight is 552 g/mol. The second kappa shape index (κ2) is 13.8. The van der Waals surface area contributed by atoms with Crippen molar-refractivity contribution in [1.29, 1.82) is 0 Å². The van der Waals surface area contributed by atoms with Crippen LogP contribution in [0.1, 0.15) is 25.0 Å². The monoisotopic (exact) mass is 551 g/mol. The van der Waals surface area contributed by atoms with Gasteiger partial charge in [0.15, 0.2) is 0 Å². The number of sulfonamides is 1. The van der Waals surface area contributed by atoms with Gasteiger partial charge in [-0.15, -0.1) is 0 Å². The van der Waals surface area contributed by atoms with Crippen LogP contribution >= 0.6 is 0 Å². The minimum absolute atomic E-state index is 0.135. The lowest BCUT2D eigenvalue weighted by Gasteiger charge is -2.34. The smallest absolute Gasteiger partial charge is 0.244 e. The Morgan fingerprint density at radius 3 is 2.00 bits per heavy atom. The lowest BCUT2D eigenvalue weighted by atomic mass is 10.0. The Balaban J connectivity index is 2.04. The van der Waals surface area contributed by atoms with E-state index in [1.54, 1.807) is 24.3 Å². The Kier molecular flexibility index (Phi) is 10.5. The van der Waals surface area contributed by atoms with E-state index in [-0.39, 0.29) is 30.5 Å². The predicted octanol–water partition coefficient (Wildman–Crippen LogP) is 3.87. The molecule has 1 N–H and O–H groups in total. The van der Waals surface area contributed by atoms with Crippen molar-refractivity contribution < 1.29 is 22.7 Å². The zero-order chi connectivity index (χ0) is 28.4. The second-order valence-electron chi connectivity index (χ2n) is 9.79. The van der Waals surface area contributed by atoms with Crippen LogP contribution in [0.15, 0.2) is 84.9 Å². The fraction of sp³-hybridized carbons (Fsp3) is 0.333. The molecule has 0 bridgehead atoms. The van der Waals surface area contributed by atoms with Gasteiger partial charge in [0.1, 0.15) is 18.3 Å². The molecule has 1 atom stereocenters. The summed E-state index contributed by atoms with van der Waals surface area (Å²) in [7, 11) is -2.43. The van der Waals surface area contributed by atoms with Crippen LogP contribution in [-0.4, -0.2) is 57.6 Å². The zero-order valence-corrected chi connectivity index (χ0v) is 23.7. The molecular formula is C30H37N3O5S. The summed E-state index contributed by atoms with van der Waals surface area (Å²) in [6, 6.07) is 24.6. The molecule has 0 aliphatic carbocycles. The number of carbonyl (C=O) groups excluding carboxylic acids is 2. The summed E-state index contributed by atoms with van der Waals surface area (Å²) < 4.78 is 32.2. The van der Waals surface area contributed by atoms with Crippen LogP contribution in [0, 0.1) is 5.92 Å².